The Labute approximate surface area is 208 Å². The molecule has 0 spiro atoms. The molecule has 2 aromatic heterocycles. The molecule has 5 rings (SSSR count). The average Bonchev–Trinajstić information content (AvgIpc) is 3.54. The summed E-state index contributed by atoms with van der Waals surface area (Å²) in [6, 6.07) is 13.7. The number of aromatic nitrogens is 3. The number of fused-ring (bicyclic) bond motifs is 3. The summed E-state index contributed by atoms with van der Waals surface area (Å²) in [7, 11) is 4.95. The molecule has 1 unspecified atom stereocenters. The first-order valence-electron chi connectivity index (χ1n) is 11.5. The molecule has 2 aromatic carbocycles. The van der Waals surface area contributed by atoms with Gasteiger partial charge in [-0.15, -0.1) is 10.2 Å². The van der Waals surface area contributed by atoms with Crippen LogP contribution in [0.5, 0.6) is 17.2 Å². The van der Waals surface area contributed by atoms with Gasteiger partial charge in [0.2, 0.25) is 5.91 Å². The third kappa shape index (κ3) is 4.25. The molecule has 0 aliphatic carbocycles. The Hall–Kier alpha value is -3.46. The van der Waals surface area contributed by atoms with Gasteiger partial charge in [-0.05, 0) is 61.7 Å². The second kappa shape index (κ2) is 9.65. The summed E-state index contributed by atoms with van der Waals surface area (Å²) in [5, 5.41) is 10.5. The Bertz CT molecular complexity index is 1400. The summed E-state index contributed by atoms with van der Waals surface area (Å²) in [6.07, 6.45) is 1.83. The molecule has 0 N–H and O–H groups in total. The van der Waals surface area contributed by atoms with Gasteiger partial charge in [0.15, 0.2) is 10.8 Å². The fourth-order valence-electron chi connectivity index (χ4n) is 4.82. The van der Waals surface area contributed by atoms with E-state index in [1.54, 1.807) is 21.3 Å². The van der Waals surface area contributed by atoms with Crippen molar-refractivity contribution in [2.24, 2.45) is 0 Å². The van der Waals surface area contributed by atoms with Crippen LogP contribution in [0.25, 0.3) is 16.6 Å². The lowest BCUT2D eigenvalue weighted by Crippen LogP contribution is -2.32. The van der Waals surface area contributed by atoms with Crippen molar-refractivity contribution >= 4 is 34.2 Å². The van der Waals surface area contributed by atoms with E-state index in [0.717, 1.165) is 57.8 Å². The van der Waals surface area contributed by atoms with Crippen LogP contribution in [0.1, 0.15) is 30.0 Å². The second-order valence-corrected chi connectivity index (χ2v) is 9.47. The number of ether oxygens (including phenoxy) is 3. The van der Waals surface area contributed by atoms with Crippen LogP contribution in [0, 0.1) is 6.92 Å². The number of amides is 1. The molecule has 1 fully saturated rings. The quantitative estimate of drug-likeness (QED) is 0.347. The molecule has 0 radical (unpaired) electrons. The molecule has 182 valence electrons. The Balaban J connectivity index is 1.41. The van der Waals surface area contributed by atoms with E-state index < -0.39 is 0 Å². The fourth-order valence-corrected chi connectivity index (χ4v) is 5.66. The minimum Gasteiger partial charge on any atom is -0.497 e. The Morgan fingerprint density at radius 2 is 1.80 bits per heavy atom. The van der Waals surface area contributed by atoms with Gasteiger partial charge in [0, 0.05) is 23.6 Å². The van der Waals surface area contributed by atoms with Crippen molar-refractivity contribution in [3.63, 3.8) is 0 Å². The summed E-state index contributed by atoms with van der Waals surface area (Å²) < 4.78 is 18.4. The van der Waals surface area contributed by atoms with Crippen molar-refractivity contribution < 1.29 is 19.0 Å². The van der Waals surface area contributed by atoms with Gasteiger partial charge < -0.3 is 19.1 Å². The lowest BCUT2D eigenvalue weighted by Gasteiger charge is -2.26. The van der Waals surface area contributed by atoms with Gasteiger partial charge in [-0.1, -0.05) is 11.8 Å². The largest absolute Gasteiger partial charge is 0.497 e. The highest BCUT2D eigenvalue weighted by molar-refractivity contribution is 7.99. The second-order valence-electron chi connectivity index (χ2n) is 8.53. The molecule has 4 aromatic rings. The number of methoxy groups -OCH3 is 3. The van der Waals surface area contributed by atoms with Gasteiger partial charge in [-0.3, -0.25) is 9.20 Å². The zero-order valence-electron chi connectivity index (χ0n) is 20.3. The number of carbonyl (C=O) groups excluding carboxylic acids is 1. The molecule has 1 aliphatic heterocycles. The number of nitrogens with zero attached hydrogens (tertiary/aromatic N) is 4. The predicted octanol–water partition coefficient (Wildman–Crippen LogP) is 4.67. The highest BCUT2D eigenvalue weighted by atomic mass is 32.2. The first-order valence-corrected chi connectivity index (χ1v) is 12.5. The van der Waals surface area contributed by atoms with E-state index in [9.17, 15) is 4.79 Å². The van der Waals surface area contributed by atoms with E-state index in [-0.39, 0.29) is 17.7 Å². The predicted molar refractivity (Wildman–Crippen MR) is 136 cm³/mol. The highest BCUT2D eigenvalue weighted by Gasteiger charge is 2.32. The summed E-state index contributed by atoms with van der Waals surface area (Å²) in [5.74, 6) is 2.61. The van der Waals surface area contributed by atoms with Crippen LogP contribution < -0.4 is 14.2 Å². The number of likely N-dealkylation sites (tertiary alicyclic amines) is 1. The number of hydrogen-bond donors (Lipinski definition) is 0. The molecule has 9 heteroatoms. The Morgan fingerprint density at radius 1 is 1.03 bits per heavy atom. The van der Waals surface area contributed by atoms with Gasteiger partial charge in [0.25, 0.3) is 0 Å². The summed E-state index contributed by atoms with van der Waals surface area (Å²) in [4.78, 5) is 15.3. The maximum atomic E-state index is 13.4. The molecular weight excluding hydrogens is 464 g/mol. The van der Waals surface area contributed by atoms with Gasteiger partial charge in [-0.2, -0.15) is 0 Å². The van der Waals surface area contributed by atoms with Crippen molar-refractivity contribution in [2.45, 2.75) is 31.0 Å². The summed E-state index contributed by atoms with van der Waals surface area (Å²) in [6.45, 7) is 2.77. The lowest BCUT2D eigenvalue weighted by atomic mass is 10.0. The lowest BCUT2D eigenvalue weighted by molar-refractivity contribution is -0.129. The van der Waals surface area contributed by atoms with Gasteiger partial charge in [-0.25, -0.2) is 0 Å². The number of aryl methyl sites for hydroxylation is 1. The van der Waals surface area contributed by atoms with Crippen LogP contribution >= 0.6 is 11.8 Å². The van der Waals surface area contributed by atoms with E-state index in [4.69, 9.17) is 14.2 Å². The SMILES string of the molecule is COc1ccc(OC)c(C2CCCN2C(=O)CSc2nnc3cc(C)c4ccc(OC)cc4n23)c1. The molecule has 1 saturated heterocycles. The number of hydrogen-bond acceptors (Lipinski definition) is 7. The first kappa shape index (κ1) is 23.3. The molecule has 8 nitrogen and oxygen atoms in total. The normalized spacial score (nSPS) is 15.7. The zero-order valence-corrected chi connectivity index (χ0v) is 21.1. The smallest absolute Gasteiger partial charge is 0.233 e. The number of pyridine rings is 1. The van der Waals surface area contributed by atoms with Crippen LogP contribution in [0.4, 0.5) is 0 Å². The van der Waals surface area contributed by atoms with Crippen molar-refractivity contribution in [2.75, 3.05) is 33.6 Å². The van der Waals surface area contributed by atoms with Gasteiger partial charge >= 0.3 is 0 Å². The molecular formula is C26H28N4O4S. The molecule has 0 saturated carbocycles. The third-order valence-electron chi connectivity index (χ3n) is 6.57. The topological polar surface area (TPSA) is 78.2 Å². The van der Waals surface area contributed by atoms with Crippen molar-refractivity contribution in [3.05, 3.63) is 53.6 Å². The van der Waals surface area contributed by atoms with Crippen LogP contribution in [0.2, 0.25) is 0 Å². The van der Waals surface area contributed by atoms with Crippen LogP contribution in [-0.4, -0.2) is 59.0 Å². The van der Waals surface area contributed by atoms with E-state index in [1.807, 2.05) is 51.8 Å². The third-order valence-corrected chi connectivity index (χ3v) is 7.48. The van der Waals surface area contributed by atoms with Crippen molar-refractivity contribution in [1.82, 2.24) is 19.5 Å². The van der Waals surface area contributed by atoms with Crippen LogP contribution in [-0.2, 0) is 4.79 Å². The Kier molecular flexibility index (Phi) is 6.42. The number of rotatable bonds is 7. The van der Waals surface area contributed by atoms with Crippen LogP contribution in [0.3, 0.4) is 0 Å². The maximum absolute atomic E-state index is 13.4. The molecule has 35 heavy (non-hydrogen) atoms. The molecule has 0 bridgehead atoms. The van der Waals surface area contributed by atoms with E-state index >= 15 is 0 Å². The molecule has 1 aliphatic rings. The Morgan fingerprint density at radius 3 is 2.57 bits per heavy atom. The van der Waals surface area contributed by atoms with E-state index in [0.29, 0.717) is 11.7 Å². The number of carbonyl (C=O) groups is 1. The molecule has 3 heterocycles. The van der Waals surface area contributed by atoms with Crippen molar-refractivity contribution in [3.8, 4) is 17.2 Å². The average molecular weight is 493 g/mol. The zero-order chi connectivity index (χ0) is 24.5. The van der Waals surface area contributed by atoms with Crippen molar-refractivity contribution in [1.29, 1.82) is 0 Å². The number of thioether (sulfide) groups is 1. The number of benzene rings is 2. The van der Waals surface area contributed by atoms with Gasteiger partial charge in [0.05, 0.1) is 38.6 Å². The molecule has 1 atom stereocenters. The van der Waals surface area contributed by atoms with Crippen LogP contribution in [0.15, 0.2) is 47.6 Å². The van der Waals surface area contributed by atoms with E-state index in [1.165, 1.54) is 11.8 Å². The fraction of sp³-hybridized carbons (Fsp3) is 0.346. The standard InChI is InChI=1S/C26H28N4O4S/c1-16-12-24-27-28-26(30(24)22-14-18(33-3)7-9-19(16)22)35-15-25(31)29-11-5-6-21(29)20-13-17(32-2)8-10-23(20)34-4/h7-10,12-14,21H,5-6,11,15H2,1-4H3. The van der Waals surface area contributed by atoms with Gasteiger partial charge in [0.1, 0.15) is 17.2 Å². The maximum Gasteiger partial charge on any atom is 0.233 e. The molecule has 1 amide bonds. The van der Waals surface area contributed by atoms with E-state index in [2.05, 4.69) is 17.1 Å². The minimum atomic E-state index is -0.0453. The summed E-state index contributed by atoms with van der Waals surface area (Å²) >= 11 is 1.40. The highest BCUT2D eigenvalue weighted by Crippen LogP contribution is 2.39. The minimum absolute atomic E-state index is 0.0453. The summed E-state index contributed by atoms with van der Waals surface area (Å²) in [5.41, 5.74) is 3.80. The first-order chi connectivity index (χ1) is 17.0. The monoisotopic (exact) mass is 492 g/mol.